The Kier molecular flexibility index (Phi) is 9.08. The molecule has 3 nitrogen and oxygen atoms in total. The van der Waals surface area contributed by atoms with Crippen LogP contribution in [0, 0.1) is 11.3 Å². The summed E-state index contributed by atoms with van der Waals surface area (Å²) >= 11 is 0. The first-order valence-electron chi connectivity index (χ1n) is 7.35. The number of hydrogen-bond donors (Lipinski definition) is 2. The van der Waals surface area contributed by atoms with E-state index in [-0.39, 0.29) is 12.0 Å². The van der Waals surface area contributed by atoms with Crippen LogP contribution in [0.1, 0.15) is 72.1 Å². The predicted molar refractivity (Wildman–Crippen MR) is 74.6 cm³/mol. The van der Waals surface area contributed by atoms with Gasteiger partial charge in [0, 0.05) is 0 Å². The minimum Gasteiger partial charge on any atom is -0.481 e. The number of carboxylic acid groups (broad SMARTS) is 1. The van der Waals surface area contributed by atoms with E-state index >= 15 is 0 Å². The SMILES string of the molecule is CCCCCCC(C)(CCCC)C(CO)C(=O)O. The van der Waals surface area contributed by atoms with Gasteiger partial charge in [0.2, 0.25) is 0 Å². The molecule has 0 aliphatic carbocycles. The monoisotopic (exact) mass is 258 g/mol. The maximum absolute atomic E-state index is 11.3. The molecule has 0 bridgehead atoms. The van der Waals surface area contributed by atoms with Crippen molar-refractivity contribution in [3.63, 3.8) is 0 Å². The summed E-state index contributed by atoms with van der Waals surface area (Å²) in [5, 5.41) is 18.6. The smallest absolute Gasteiger partial charge is 0.309 e. The highest BCUT2D eigenvalue weighted by Gasteiger charge is 2.37. The fourth-order valence-corrected chi connectivity index (χ4v) is 2.61. The second-order valence-corrected chi connectivity index (χ2v) is 5.64. The molecule has 2 N–H and O–H groups in total. The minimum atomic E-state index is -0.855. The molecule has 108 valence electrons. The van der Waals surface area contributed by atoms with Crippen LogP contribution in [0.4, 0.5) is 0 Å². The summed E-state index contributed by atoms with van der Waals surface area (Å²) < 4.78 is 0. The fourth-order valence-electron chi connectivity index (χ4n) is 2.61. The largest absolute Gasteiger partial charge is 0.481 e. The summed E-state index contributed by atoms with van der Waals surface area (Å²) in [6.07, 6.45) is 8.54. The van der Waals surface area contributed by atoms with Crippen molar-refractivity contribution in [3.05, 3.63) is 0 Å². The zero-order chi connectivity index (χ0) is 14.0. The van der Waals surface area contributed by atoms with E-state index in [1.807, 2.05) is 6.92 Å². The number of aliphatic carboxylic acids is 1. The van der Waals surface area contributed by atoms with Gasteiger partial charge >= 0.3 is 5.97 Å². The molecular formula is C15H30O3. The first-order chi connectivity index (χ1) is 8.51. The van der Waals surface area contributed by atoms with Crippen LogP contribution in [0.5, 0.6) is 0 Å². The van der Waals surface area contributed by atoms with Gasteiger partial charge in [-0.15, -0.1) is 0 Å². The summed E-state index contributed by atoms with van der Waals surface area (Å²) in [7, 11) is 0. The number of carbonyl (C=O) groups is 1. The van der Waals surface area contributed by atoms with Gasteiger partial charge in [0.05, 0.1) is 12.5 Å². The molecule has 2 unspecified atom stereocenters. The Balaban J connectivity index is 4.53. The first-order valence-corrected chi connectivity index (χ1v) is 7.35. The topological polar surface area (TPSA) is 57.5 Å². The number of hydrogen-bond acceptors (Lipinski definition) is 2. The first kappa shape index (κ1) is 17.4. The van der Waals surface area contributed by atoms with Crippen LogP contribution in [0.25, 0.3) is 0 Å². The highest BCUT2D eigenvalue weighted by molar-refractivity contribution is 5.71. The number of carboxylic acids is 1. The van der Waals surface area contributed by atoms with Crippen molar-refractivity contribution >= 4 is 5.97 Å². The summed E-state index contributed by atoms with van der Waals surface area (Å²) in [6, 6.07) is 0. The molecule has 0 saturated carbocycles. The Labute approximate surface area is 112 Å². The predicted octanol–water partition coefficient (Wildman–Crippen LogP) is 3.85. The van der Waals surface area contributed by atoms with Gasteiger partial charge in [-0.05, 0) is 18.3 Å². The zero-order valence-electron chi connectivity index (χ0n) is 12.2. The Morgan fingerprint density at radius 3 is 2.06 bits per heavy atom. The van der Waals surface area contributed by atoms with Crippen LogP contribution in [0.2, 0.25) is 0 Å². The third kappa shape index (κ3) is 5.85. The van der Waals surface area contributed by atoms with Crippen LogP contribution >= 0.6 is 0 Å². The molecule has 2 atom stereocenters. The lowest BCUT2D eigenvalue weighted by molar-refractivity contribution is -0.149. The molecule has 0 amide bonds. The number of aliphatic hydroxyl groups excluding tert-OH is 1. The molecule has 0 saturated heterocycles. The number of aliphatic hydroxyl groups is 1. The third-order valence-corrected chi connectivity index (χ3v) is 4.02. The molecular weight excluding hydrogens is 228 g/mol. The minimum absolute atomic E-state index is 0.247. The van der Waals surface area contributed by atoms with E-state index in [9.17, 15) is 15.0 Å². The Bertz CT molecular complexity index is 228. The van der Waals surface area contributed by atoms with Crippen molar-refractivity contribution in [2.24, 2.45) is 11.3 Å². The molecule has 0 aliphatic heterocycles. The molecule has 18 heavy (non-hydrogen) atoms. The van der Waals surface area contributed by atoms with Crippen molar-refractivity contribution in [2.75, 3.05) is 6.61 Å². The van der Waals surface area contributed by atoms with Gasteiger partial charge in [-0.25, -0.2) is 0 Å². The van der Waals surface area contributed by atoms with Crippen LogP contribution in [0.15, 0.2) is 0 Å². The molecule has 0 rings (SSSR count). The zero-order valence-corrected chi connectivity index (χ0v) is 12.2. The summed E-state index contributed by atoms with van der Waals surface area (Å²) in [5.74, 6) is -1.47. The highest BCUT2D eigenvalue weighted by atomic mass is 16.4. The summed E-state index contributed by atoms with van der Waals surface area (Å²) in [4.78, 5) is 11.3. The van der Waals surface area contributed by atoms with E-state index in [1.165, 1.54) is 12.8 Å². The van der Waals surface area contributed by atoms with Gasteiger partial charge < -0.3 is 10.2 Å². The maximum Gasteiger partial charge on any atom is 0.309 e. The summed E-state index contributed by atoms with van der Waals surface area (Å²) in [5.41, 5.74) is -0.260. The van der Waals surface area contributed by atoms with Gasteiger partial charge in [-0.1, -0.05) is 59.3 Å². The standard InChI is InChI=1S/C15H30O3/c1-4-6-8-9-11-15(3,10-7-5-2)13(12-16)14(17)18/h13,16H,4-12H2,1-3H3,(H,17,18). The van der Waals surface area contributed by atoms with E-state index in [2.05, 4.69) is 13.8 Å². The number of unbranched alkanes of at least 4 members (excludes halogenated alkanes) is 4. The van der Waals surface area contributed by atoms with Gasteiger partial charge in [-0.3, -0.25) is 4.79 Å². The molecule has 0 aromatic rings. The molecule has 0 fully saturated rings. The van der Waals surface area contributed by atoms with E-state index in [0.29, 0.717) is 0 Å². The van der Waals surface area contributed by atoms with Gasteiger partial charge in [-0.2, -0.15) is 0 Å². The molecule has 0 spiro atoms. The molecule has 0 radical (unpaired) electrons. The van der Waals surface area contributed by atoms with Crippen LogP contribution in [-0.4, -0.2) is 22.8 Å². The van der Waals surface area contributed by atoms with Gasteiger partial charge in [0.25, 0.3) is 0 Å². The van der Waals surface area contributed by atoms with Crippen molar-refractivity contribution in [1.29, 1.82) is 0 Å². The number of rotatable bonds is 11. The lowest BCUT2D eigenvalue weighted by Gasteiger charge is -2.34. The normalized spacial score (nSPS) is 16.2. The fraction of sp³-hybridized carbons (Fsp3) is 0.933. The molecule has 3 heteroatoms. The van der Waals surface area contributed by atoms with Crippen molar-refractivity contribution in [3.8, 4) is 0 Å². The van der Waals surface area contributed by atoms with E-state index in [0.717, 1.165) is 38.5 Å². The quantitative estimate of drug-likeness (QED) is 0.553. The van der Waals surface area contributed by atoms with Crippen molar-refractivity contribution < 1.29 is 15.0 Å². The Morgan fingerprint density at radius 1 is 1.06 bits per heavy atom. The van der Waals surface area contributed by atoms with Crippen LogP contribution in [0.3, 0.4) is 0 Å². The molecule has 0 aromatic carbocycles. The Hall–Kier alpha value is -0.570. The van der Waals surface area contributed by atoms with Crippen molar-refractivity contribution in [1.82, 2.24) is 0 Å². The molecule has 0 heterocycles. The highest BCUT2D eigenvalue weighted by Crippen LogP contribution is 2.38. The van der Waals surface area contributed by atoms with E-state index in [1.54, 1.807) is 0 Å². The van der Waals surface area contributed by atoms with E-state index < -0.39 is 11.9 Å². The van der Waals surface area contributed by atoms with Gasteiger partial charge in [0.15, 0.2) is 0 Å². The summed E-state index contributed by atoms with van der Waals surface area (Å²) in [6.45, 7) is 6.07. The van der Waals surface area contributed by atoms with E-state index in [4.69, 9.17) is 0 Å². The van der Waals surface area contributed by atoms with Gasteiger partial charge in [0.1, 0.15) is 0 Å². The second-order valence-electron chi connectivity index (χ2n) is 5.64. The maximum atomic E-state index is 11.3. The Morgan fingerprint density at radius 2 is 1.61 bits per heavy atom. The molecule has 0 aromatic heterocycles. The molecule has 0 aliphatic rings. The second kappa shape index (κ2) is 9.37. The van der Waals surface area contributed by atoms with Crippen molar-refractivity contribution in [2.45, 2.75) is 72.1 Å². The van der Waals surface area contributed by atoms with Crippen LogP contribution in [-0.2, 0) is 4.79 Å². The third-order valence-electron chi connectivity index (χ3n) is 4.02. The lowest BCUT2D eigenvalue weighted by Crippen LogP contribution is -2.36. The lowest BCUT2D eigenvalue weighted by atomic mass is 9.70. The average molecular weight is 258 g/mol. The van der Waals surface area contributed by atoms with Crippen LogP contribution < -0.4 is 0 Å². The average Bonchev–Trinajstić information content (AvgIpc) is 2.33.